The minimum atomic E-state index is -0.104. The standard InChI is InChI=1S/C15H19NO/c1-9-6-5-7-13(8-9)15(16)14-10(2)11(3)17-12(14)4/h5-8,15H,16H2,1-4H3. The Morgan fingerprint density at radius 1 is 1.06 bits per heavy atom. The summed E-state index contributed by atoms with van der Waals surface area (Å²) >= 11 is 0. The molecule has 2 N–H and O–H groups in total. The van der Waals surface area contributed by atoms with Gasteiger partial charge < -0.3 is 10.2 Å². The molecule has 0 aliphatic rings. The lowest BCUT2D eigenvalue weighted by Crippen LogP contribution is -2.13. The molecule has 0 aliphatic carbocycles. The van der Waals surface area contributed by atoms with Crippen LogP contribution in [0.1, 0.15) is 39.8 Å². The summed E-state index contributed by atoms with van der Waals surface area (Å²) in [7, 11) is 0. The van der Waals surface area contributed by atoms with Crippen LogP contribution in [-0.2, 0) is 0 Å². The maximum absolute atomic E-state index is 6.34. The highest BCUT2D eigenvalue weighted by Crippen LogP contribution is 2.29. The molecule has 90 valence electrons. The third-order valence-electron chi connectivity index (χ3n) is 3.33. The van der Waals surface area contributed by atoms with E-state index in [0.717, 1.165) is 28.2 Å². The number of rotatable bonds is 2. The summed E-state index contributed by atoms with van der Waals surface area (Å²) in [5, 5.41) is 0. The fourth-order valence-electron chi connectivity index (χ4n) is 2.30. The average Bonchev–Trinajstić information content (AvgIpc) is 2.52. The van der Waals surface area contributed by atoms with Gasteiger partial charge in [0.1, 0.15) is 11.5 Å². The SMILES string of the molecule is Cc1cccc(C(N)c2c(C)oc(C)c2C)c1. The second kappa shape index (κ2) is 4.38. The number of hydrogen-bond donors (Lipinski definition) is 1. The molecule has 17 heavy (non-hydrogen) atoms. The van der Waals surface area contributed by atoms with E-state index in [1.807, 2.05) is 19.9 Å². The summed E-state index contributed by atoms with van der Waals surface area (Å²) in [5.41, 5.74) is 11.0. The van der Waals surface area contributed by atoms with E-state index in [0.29, 0.717) is 0 Å². The molecule has 1 unspecified atom stereocenters. The van der Waals surface area contributed by atoms with Crippen molar-refractivity contribution in [2.45, 2.75) is 33.7 Å². The Bertz CT molecular complexity index is 540. The van der Waals surface area contributed by atoms with Crippen LogP contribution in [0.25, 0.3) is 0 Å². The fraction of sp³-hybridized carbons (Fsp3) is 0.333. The summed E-state index contributed by atoms with van der Waals surface area (Å²) in [6.45, 7) is 8.10. The summed E-state index contributed by atoms with van der Waals surface area (Å²) in [5.74, 6) is 1.88. The first-order chi connectivity index (χ1) is 8.00. The molecule has 2 nitrogen and oxygen atoms in total. The van der Waals surface area contributed by atoms with Gasteiger partial charge in [-0.05, 0) is 38.8 Å². The van der Waals surface area contributed by atoms with Crippen molar-refractivity contribution in [2.24, 2.45) is 5.73 Å². The maximum Gasteiger partial charge on any atom is 0.106 e. The van der Waals surface area contributed by atoms with Gasteiger partial charge in [-0.1, -0.05) is 29.8 Å². The van der Waals surface area contributed by atoms with Crippen LogP contribution in [0.5, 0.6) is 0 Å². The zero-order valence-corrected chi connectivity index (χ0v) is 10.9. The van der Waals surface area contributed by atoms with Crippen molar-refractivity contribution in [3.8, 4) is 0 Å². The van der Waals surface area contributed by atoms with Crippen LogP contribution in [-0.4, -0.2) is 0 Å². The minimum absolute atomic E-state index is 0.104. The Kier molecular flexibility index (Phi) is 3.07. The van der Waals surface area contributed by atoms with Crippen molar-refractivity contribution in [3.63, 3.8) is 0 Å². The molecule has 0 saturated heterocycles. The summed E-state index contributed by atoms with van der Waals surface area (Å²) < 4.78 is 5.64. The molecule has 2 heteroatoms. The topological polar surface area (TPSA) is 39.2 Å². The number of furan rings is 1. The molecule has 1 atom stereocenters. The van der Waals surface area contributed by atoms with Gasteiger partial charge in [-0.2, -0.15) is 0 Å². The quantitative estimate of drug-likeness (QED) is 0.855. The van der Waals surface area contributed by atoms with E-state index in [9.17, 15) is 0 Å². The van der Waals surface area contributed by atoms with E-state index in [-0.39, 0.29) is 6.04 Å². The van der Waals surface area contributed by atoms with Gasteiger partial charge in [0, 0.05) is 5.56 Å². The van der Waals surface area contributed by atoms with Crippen molar-refractivity contribution in [2.75, 3.05) is 0 Å². The van der Waals surface area contributed by atoms with Crippen molar-refractivity contribution in [1.29, 1.82) is 0 Å². The van der Waals surface area contributed by atoms with Crippen molar-refractivity contribution < 1.29 is 4.42 Å². The molecule has 2 aromatic rings. The van der Waals surface area contributed by atoms with Crippen molar-refractivity contribution in [3.05, 3.63) is 58.0 Å². The third kappa shape index (κ3) is 2.13. The molecule has 1 aromatic heterocycles. The Morgan fingerprint density at radius 2 is 1.76 bits per heavy atom. The first kappa shape index (κ1) is 11.9. The molecule has 0 bridgehead atoms. The van der Waals surface area contributed by atoms with Crippen LogP contribution in [0.2, 0.25) is 0 Å². The van der Waals surface area contributed by atoms with Crippen LogP contribution in [0, 0.1) is 27.7 Å². The van der Waals surface area contributed by atoms with Gasteiger partial charge in [0.15, 0.2) is 0 Å². The first-order valence-corrected chi connectivity index (χ1v) is 5.89. The Labute approximate surface area is 102 Å². The molecule has 0 fully saturated rings. The highest BCUT2D eigenvalue weighted by molar-refractivity contribution is 5.41. The van der Waals surface area contributed by atoms with Gasteiger partial charge in [-0.25, -0.2) is 0 Å². The molecule has 0 radical (unpaired) electrons. The largest absolute Gasteiger partial charge is 0.466 e. The van der Waals surface area contributed by atoms with Gasteiger partial charge >= 0.3 is 0 Å². The zero-order valence-electron chi connectivity index (χ0n) is 10.9. The number of aryl methyl sites for hydroxylation is 3. The number of hydrogen-bond acceptors (Lipinski definition) is 2. The van der Waals surface area contributed by atoms with Gasteiger partial charge in [-0.3, -0.25) is 0 Å². The molecular weight excluding hydrogens is 210 g/mol. The van der Waals surface area contributed by atoms with Crippen LogP contribution >= 0.6 is 0 Å². The Hall–Kier alpha value is -1.54. The second-order valence-electron chi connectivity index (χ2n) is 4.64. The van der Waals surface area contributed by atoms with E-state index in [2.05, 4.69) is 32.0 Å². The van der Waals surface area contributed by atoms with Gasteiger partial charge in [0.05, 0.1) is 6.04 Å². The van der Waals surface area contributed by atoms with Crippen LogP contribution in [0.3, 0.4) is 0 Å². The van der Waals surface area contributed by atoms with E-state index in [4.69, 9.17) is 10.2 Å². The smallest absolute Gasteiger partial charge is 0.106 e. The highest BCUT2D eigenvalue weighted by Gasteiger charge is 2.19. The first-order valence-electron chi connectivity index (χ1n) is 5.89. The molecule has 0 saturated carbocycles. The van der Waals surface area contributed by atoms with Crippen LogP contribution < -0.4 is 5.73 Å². The lowest BCUT2D eigenvalue weighted by molar-refractivity contribution is 0.498. The molecule has 2 rings (SSSR count). The Morgan fingerprint density at radius 3 is 2.29 bits per heavy atom. The minimum Gasteiger partial charge on any atom is -0.466 e. The van der Waals surface area contributed by atoms with E-state index >= 15 is 0 Å². The molecule has 0 aliphatic heterocycles. The van der Waals surface area contributed by atoms with E-state index in [1.165, 1.54) is 5.56 Å². The van der Waals surface area contributed by atoms with Gasteiger partial charge in [0.25, 0.3) is 0 Å². The molecular formula is C15H19NO. The summed E-state index contributed by atoms with van der Waals surface area (Å²) in [4.78, 5) is 0. The third-order valence-corrected chi connectivity index (χ3v) is 3.33. The normalized spacial score (nSPS) is 12.8. The van der Waals surface area contributed by atoms with Gasteiger partial charge in [0.2, 0.25) is 0 Å². The van der Waals surface area contributed by atoms with E-state index in [1.54, 1.807) is 0 Å². The molecule has 1 heterocycles. The monoisotopic (exact) mass is 229 g/mol. The lowest BCUT2D eigenvalue weighted by Gasteiger charge is -2.13. The fourth-order valence-corrected chi connectivity index (χ4v) is 2.30. The molecule has 1 aromatic carbocycles. The maximum atomic E-state index is 6.34. The van der Waals surface area contributed by atoms with Crippen LogP contribution in [0.15, 0.2) is 28.7 Å². The predicted molar refractivity (Wildman–Crippen MR) is 70.1 cm³/mol. The number of nitrogens with two attached hydrogens (primary N) is 1. The van der Waals surface area contributed by atoms with E-state index < -0.39 is 0 Å². The summed E-state index contributed by atoms with van der Waals surface area (Å²) in [6.07, 6.45) is 0. The molecule has 0 spiro atoms. The molecule has 0 amide bonds. The predicted octanol–water partition coefficient (Wildman–Crippen LogP) is 3.56. The number of benzene rings is 1. The van der Waals surface area contributed by atoms with Crippen molar-refractivity contribution in [1.82, 2.24) is 0 Å². The average molecular weight is 229 g/mol. The second-order valence-corrected chi connectivity index (χ2v) is 4.64. The lowest BCUT2D eigenvalue weighted by atomic mass is 9.95. The zero-order chi connectivity index (χ0) is 12.6. The van der Waals surface area contributed by atoms with Crippen molar-refractivity contribution >= 4 is 0 Å². The van der Waals surface area contributed by atoms with Crippen LogP contribution in [0.4, 0.5) is 0 Å². The van der Waals surface area contributed by atoms with Gasteiger partial charge in [-0.15, -0.1) is 0 Å². The summed E-state index contributed by atoms with van der Waals surface area (Å²) in [6, 6.07) is 8.22. The Balaban J connectivity index is 2.47. The highest BCUT2D eigenvalue weighted by atomic mass is 16.3.